The zero-order valence-electron chi connectivity index (χ0n) is 34.5. The molecule has 58 heavy (non-hydrogen) atoms. The minimum Gasteiger partial charge on any atom is -0.493 e. The minimum absolute atomic E-state index is 0.0496. The lowest BCUT2D eigenvalue weighted by molar-refractivity contribution is 0.0485. The maximum atomic E-state index is 14.5. The van der Waals surface area contributed by atoms with Crippen LogP contribution < -0.4 is 26.2 Å². The van der Waals surface area contributed by atoms with Gasteiger partial charge in [-0.15, -0.1) is 0 Å². The van der Waals surface area contributed by atoms with Gasteiger partial charge in [-0.25, -0.2) is 19.4 Å². The molecule has 2 heterocycles. The lowest BCUT2D eigenvalue weighted by Gasteiger charge is -2.24. The number of benzene rings is 3. The fourth-order valence-corrected chi connectivity index (χ4v) is 6.68. The van der Waals surface area contributed by atoms with Crippen LogP contribution in [0.15, 0.2) is 83.8 Å². The van der Waals surface area contributed by atoms with Crippen molar-refractivity contribution in [1.29, 1.82) is 0 Å². The summed E-state index contributed by atoms with van der Waals surface area (Å²) in [5.41, 5.74) is 3.60. The van der Waals surface area contributed by atoms with Crippen molar-refractivity contribution < 1.29 is 28.6 Å². The van der Waals surface area contributed by atoms with Crippen LogP contribution in [-0.2, 0) is 9.47 Å². The Morgan fingerprint density at radius 1 is 0.810 bits per heavy atom. The first-order chi connectivity index (χ1) is 27.4. The number of nitrogens with zero attached hydrogens (tertiary/aromatic N) is 2. The van der Waals surface area contributed by atoms with E-state index < -0.39 is 29.3 Å². The molecule has 306 valence electrons. The van der Waals surface area contributed by atoms with E-state index in [0.717, 1.165) is 11.1 Å². The van der Waals surface area contributed by atoms with Crippen LogP contribution in [0.5, 0.6) is 5.75 Å². The molecule has 3 aromatic carbocycles. The molecule has 0 saturated carbocycles. The second-order valence-corrected chi connectivity index (χ2v) is 16.3. The zero-order chi connectivity index (χ0) is 42.3. The van der Waals surface area contributed by atoms with E-state index in [1.807, 2.05) is 65.8 Å². The summed E-state index contributed by atoms with van der Waals surface area (Å²) in [7, 11) is 0. The monoisotopic (exact) mass is 809 g/mol. The number of esters is 1. The molecular weight excluding hydrogens is 758 g/mol. The standard InChI is InChI=1S/C45H52ClN5O7/c1-26(2)35-24-32(48-44(55)58-45(7,8)9)25-36(27(3)4)38(35)49-43(54)50-39-37(34-18-12-19-47-40(34)51(28(5)6)41(39)52)29-14-11-17-33(23-29)56-20-13-21-57-42(53)30-15-10-16-31(46)22-30/h10-12,14-19,22-28H,13,20-21H2,1-9H3,(H,48,55)(H2,49,50,54). The molecule has 13 heteroatoms. The fraction of sp³-hybridized carbons (Fsp3) is 0.356. The normalized spacial score (nSPS) is 11.5. The van der Waals surface area contributed by atoms with Gasteiger partial charge in [-0.1, -0.05) is 57.5 Å². The average molecular weight is 810 g/mol. The van der Waals surface area contributed by atoms with Crippen LogP contribution in [0.3, 0.4) is 0 Å². The van der Waals surface area contributed by atoms with Gasteiger partial charge in [0.25, 0.3) is 5.56 Å². The Hall–Kier alpha value is -5.88. The van der Waals surface area contributed by atoms with Crippen molar-refractivity contribution in [1.82, 2.24) is 9.55 Å². The number of aromatic nitrogens is 2. The summed E-state index contributed by atoms with van der Waals surface area (Å²) < 4.78 is 18.5. The highest BCUT2D eigenvalue weighted by molar-refractivity contribution is 6.30. The molecule has 5 aromatic rings. The summed E-state index contributed by atoms with van der Waals surface area (Å²) in [6.07, 6.45) is 1.47. The van der Waals surface area contributed by atoms with E-state index >= 15 is 0 Å². The number of carbonyl (C=O) groups excluding carboxylic acids is 3. The third-order valence-corrected chi connectivity index (χ3v) is 9.26. The largest absolute Gasteiger partial charge is 0.493 e. The molecule has 0 aliphatic rings. The third kappa shape index (κ3) is 10.7. The van der Waals surface area contributed by atoms with Crippen molar-refractivity contribution >= 4 is 57.8 Å². The maximum absolute atomic E-state index is 14.5. The summed E-state index contributed by atoms with van der Waals surface area (Å²) in [6.45, 7) is 17.5. The van der Waals surface area contributed by atoms with E-state index in [1.165, 1.54) is 0 Å². The average Bonchev–Trinajstić information content (AvgIpc) is 3.14. The highest BCUT2D eigenvalue weighted by atomic mass is 35.5. The lowest BCUT2D eigenvalue weighted by Crippen LogP contribution is -2.31. The van der Waals surface area contributed by atoms with Crippen molar-refractivity contribution in [2.75, 3.05) is 29.2 Å². The number of urea groups is 1. The second kappa shape index (κ2) is 18.6. The SMILES string of the molecule is CC(C)c1cc(NC(=O)OC(C)(C)C)cc(C(C)C)c1NC(=O)Nc1c(-c2cccc(OCCCOC(=O)c3cccc(Cl)c3)c2)c2cccnc2n(C(C)C)c1=O. The Balaban J connectivity index is 1.46. The van der Waals surface area contributed by atoms with Crippen LogP contribution >= 0.6 is 11.6 Å². The number of anilines is 3. The summed E-state index contributed by atoms with van der Waals surface area (Å²) in [6, 6.07) is 20.2. The topological polar surface area (TPSA) is 150 Å². The molecule has 0 atom stereocenters. The van der Waals surface area contributed by atoms with Gasteiger partial charge in [0.2, 0.25) is 0 Å². The molecule has 0 radical (unpaired) electrons. The van der Waals surface area contributed by atoms with Gasteiger partial charge in [-0.3, -0.25) is 14.7 Å². The highest BCUT2D eigenvalue weighted by Gasteiger charge is 2.25. The van der Waals surface area contributed by atoms with Gasteiger partial charge in [0.1, 0.15) is 22.7 Å². The number of fused-ring (bicyclic) bond motifs is 1. The van der Waals surface area contributed by atoms with E-state index in [-0.39, 0.29) is 36.8 Å². The van der Waals surface area contributed by atoms with Gasteiger partial charge >= 0.3 is 18.1 Å². The molecular formula is C45H52ClN5O7. The van der Waals surface area contributed by atoms with Gasteiger partial charge in [0, 0.05) is 46.0 Å². The first-order valence-electron chi connectivity index (χ1n) is 19.4. The summed E-state index contributed by atoms with van der Waals surface area (Å²) in [5.74, 6) is -0.0570. The maximum Gasteiger partial charge on any atom is 0.412 e. The summed E-state index contributed by atoms with van der Waals surface area (Å²) >= 11 is 6.00. The number of amides is 3. The molecule has 3 amide bonds. The van der Waals surface area contributed by atoms with E-state index in [9.17, 15) is 19.2 Å². The van der Waals surface area contributed by atoms with Gasteiger partial charge < -0.3 is 24.8 Å². The molecule has 0 aliphatic heterocycles. The van der Waals surface area contributed by atoms with E-state index in [4.69, 9.17) is 25.8 Å². The minimum atomic E-state index is -0.678. The zero-order valence-corrected chi connectivity index (χ0v) is 35.2. The van der Waals surface area contributed by atoms with Crippen molar-refractivity contribution in [3.8, 4) is 16.9 Å². The van der Waals surface area contributed by atoms with Crippen LogP contribution in [0.4, 0.5) is 26.7 Å². The summed E-state index contributed by atoms with van der Waals surface area (Å²) in [5, 5.41) is 9.92. The Labute approximate surface area is 344 Å². The highest BCUT2D eigenvalue weighted by Crippen LogP contribution is 2.38. The molecule has 12 nitrogen and oxygen atoms in total. The van der Waals surface area contributed by atoms with Gasteiger partial charge in [-0.2, -0.15) is 0 Å². The number of pyridine rings is 2. The van der Waals surface area contributed by atoms with Crippen molar-refractivity contribution in [3.05, 3.63) is 111 Å². The van der Waals surface area contributed by atoms with E-state index in [1.54, 1.807) is 80.1 Å². The van der Waals surface area contributed by atoms with Crippen LogP contribution in [-0.4, -0.2) is 46.5 Å². The number of carbonyl (C=O) groups is 3. The Morgan fingerprint density at radius 3 is 2.12 bits per heavy atom. The number of rotatable bonds is 13. The third-order valence-electron chi connectivity index (χ3n) is 9.02. The molecule has 2 aromatic heterocycles. The van der Waals surface area contributed by atoms with Crippen LogP contribution in [0, 0.1) is 0 Å². The number of ether oxygens (including phenoxy) is 3. The second-order valence-electron chi connectivity index (χ2n) is 15.8. The molecule has 0 spiro atoms. The van der Waals surface area contributed by atoms with Crippen molar-refractivity contribution in [2.45, 2.75) is 92.2 Å². The summed E-state index contributed by atoms with van der Waals surface area (Å²) in [4.78, 5) is 58.4. The van der Waals surface area contributed by atoms with Crippen LogP contribution in [0.2, 0.25) is 5.02 Å². The predicted molar refractivity (Wildman–Crippen MR) is 231 cm³/mol. The number of hydrogen-bond acceptors (Lipinski definition) is 8. The Morgan fingerprint density at radius 2 is 1.48 bits per heavy atom. The first-order valence-corrected chi connectivity index (χ1v) is 19.8. The lowest BCUT2D eigenvalue weighted by atomic mass is 9.91. The van der Waals surface area contributed by atoms with E-state index in [0.29, 0.717) is 56.3 Å². The van der Waals surface area contributed by atoms with Crippen LogP contribution in [0.25, 0.3) is 22.2 Å². The molecule has 5 rings (SSSR count). The smallest absolute Gasteiger partial charge is 0.412 e. The van der Waals surface area contributed by atoms with Crippen LogP contribution in [0.1, 0.15) is 108 Å². The van der Waals surface area contributed by atoms with Gasteiger partial charge in [0.05, 0.1) is 18.8 Å². The fourth-order valence-electron chi connectivity index (χ4n) is 6.49. The van der Waals surface area contributed by atoms with E-state index in [2.05, 4.69) is 20.9 Å². The quantitative estimate of drug-likeness (QED) is 0.0786. The van der Waals surface area contributed by atoms with Crippen molar-refractivity contribution in [3.63, 3.8) is 0 Å². The molecule has 0 aliphatic carbocycles. The molecule has 3 N–H and O–H groups in total. The Bertz CT molecular complexity index is 2340. The molecule has 0 fully saturated rings. The number of nitrogens with one attached hydrogen (secondary N) is 3. The Kier molecular flexibility index (Phi) is 13.9. The molecule has 0 bridgehead atoms. The predicted octanol–water partition coefficient (Wildman–Crippen LogP) is 11.2. The molecule has 0 saturated heterocycles. The van der Waals surface area contributed by atoms with Gasteiger partial charge in [0.15, 0.2) is 0 Å². The first kappa shape index (κ1) is 43.2. The number of hydrogen-bond donors (Lipinski definition) is 3. The number of halogens is 1. The van der Waals surface area contributed by atoms with Crippen molar-refractivity contribution in [2.24, 2.45) is 0 Å². The molecule has 0 unspecified atom stereocenters. The van der Waals surface area contributed by atoms with Gasteiger partial charge in [-0.05, 0) is 118 Å².